The molecule has 1 N–H and O–H groups in total. The van der Waals surface area contributed by atoms with E-state index < -0.39 is 0 Å². The number of benzene rings is 1. The molecular formula is C12H16ClNO. The molecular weight excluding hydrogens is 210 g/mol. The van der Waals surface area contributed by atoms with Crippen molar-refractivity contribution in [3.05, 3.63) is 35.9 Å². The van der Waals surface area contributed by atoms with Crippen molar-refractivity contribution in [2.75, 3.05) is 0 Å². The van der Waals surface area contributed by atoms with Crippen molar-refractivity contribution in [2.45, 2.75) is 31.7 Å². The van der Waals surface area contributed by atoms with Crippen molar-refractivity contribution in [2.24, 2.45) is 0 Å². The first kappa shape index (κ1) is 12.1. The van der Waals surface area contributed by atoms with Gasteiger partial charge in [0.1, 0.15) is 0 Å². The number of hydrogen-bond donors (Lipinski definition) is 1. The third-order valence-electron chi connectivity index (χ3n) is 2.25. The van der Waals surface area contributed by atoms with Crippen molar-refractivity contribution < 1.29 is 4.79 Å². The van der Waals surface area contributed by atoms with Crippen LogP contribution in [-0.2, 0) is 11.2 Å². The molecule has 2 unspecified atom stereocenters. The van der Waals surface area contributed by atoms with Gasteiger partial charge in [-0.05, 0) is 18.9 Å². The molecule has 0 fully saturated rings. The summed E-state index contributed by atoms with van der Waals surface area (Å²) in [6.45, 7) is 3.42. The van der Waals surface area contributed by atoms with E-state index in [0.29, 0.717) is 0 Å². The van der Waals surface area contributed by atoms with Crippen LogP contribution in [0.4, 0.5) is 0 Å². The zero-order valence-corrected chi connectivity index (χ0v) is 9.79. The summed E-state index contributed by atoms with van der Waals surface area (Å²) in [5.74, 6) is -0.0405. The number of halogens is 1. The minimum Gasteiger partial charge on any atom is -0.352 e. The molecule has 0 heterocycles. The van der Waals surface area contributed by atoms with Gasteiger partial charge in [-0.25, -0.2) is 0 Å². The second-order valence-electron chi connectivity index (χ2n) is 3.69. The lowest BCUT2D eigenvalue weighted by molar-refractivity contribution is -0.119. The maximum absolute atomic E-state index is 10.8. The lowest BCUT2D eigenvalue weighted by Crippen LogP contribution is -2.38. The fourth-order valence-electron chi connectivity index (χ4n) is 1.43. The third kappa shape index (κ3) is 4.34. The van der Waals surface area contributed by atoms with E-state index >= 15 is 0 Å². The summed E-state index contributed by atoms with van der Waals surface area (Å²) in [6.07, 6.45) is 0.768. The number of rotatable bonds is 4. The Morgan fingerprint density at radius 1 is 1.40 bits per heavy atom. The Morgan fingerprint density at radius 3 is 2.53 bits per heavy atom. The van der Waals surface area contributed by atoms with E-state index in [4.69, 9.17) is 11.6 Å². The van der Waals surface area contributed by atoms with Crippen LogP contribution in [0.3, 0.4) is 0 Å². The molecule has 0 aliphatic heterocycles. The molecule has 0 radical (unpaired) electrons. The van der Waals surface area contributed by atoms with E-state index in [0.717, 1.165) is 6.42 Å². The predicted octanol–water partition coefficient (Wildman–Crippen LogP) is 2.36. The van der Waals surface area contributed by atoms with Crippen LogP contribution in [-0.4, -0.2) is 17.3 Å². The molecule has 0 saturated carbocycles. The Morgan fingerprint density at radius 2 is 2.00 bits per heavy atom. The van der Waals surface area contributed by atoms with E-state index in [9.17, 15) is 4.79 Å². The summed E-state index contributed by atoms with van der Waals surface area (Å²) >= 11 is 6.20. The van der Waals surface area contributed by atoms with E-state index in [-0.39, 0.29) is 17.3 Å². The Kier molecular flexibility index (Phi) is 4.63. The highest BCUT2D eigenvalue weighted by atomic mass is 35.5. The van der Waals surface area contributed by atoms with Crippen molar-refractivity contribution in [1.29, 1.82) is 0 Å². The fraction of sp³-hybridized carbons (Fsp3) is 0.417. The number of amides is 1. The molecule has 1 amide bonds. The maximum Gasteiger partial charge on any atom is 0.217 e. The lowest BCUT2D eigenvalue weighted by Gasteiger charge is -2.18. The average molecular weight is 226 g/mol. The first-order valence-electron chi connectivity index (χ1n) is 5.04. The predicted molar refractivity (Wildman–Crippen MR) is 63.1 cm³/mol. The molecule has 1 rings (SSSR count). The van der Waals surface area contributed by atoms with Gasteiger partial charge in [0.2, 0.25) is 5.91 Å². The zero-order valence-electron chi connectivity index (χ0n) is 9.03. The van der Waals surface area contributed by atoms with Gasteiger partial charge in [-0.2, -0.15) is 0 Å². The smallest absolute Gasteiger partial charge is 0.217 e. The van der Waals surface area contributed by atoms with Gasteiger partial charge in [0.25, 0.3) is 0 Å². The number of alkyl halides is 1. The van der Waals surface area contributed by atoms with Crippen LogP contribution in [0, 0.1) is 0 Å². The minimum absolute atomic E-state index is 0.00984. The van der Waals surface area contributed by atoms with Gasteiger partial charge in [-0.15, -0.1) is 11.6 Å². The van der Waals surface area contributed by atoms with Crippen LogP contribution >= 0.6 is 11.6 Å². The summed E-state index contributed by atoms with van der Waals surface area (Å²) in [5.41, 5.74) is 1.19. The quantitative estimate of drug-likeness (QED) is 0.784. The van der Waals surface area contributed by atoms with Gasteiger partial charge in [0.15, 0.2) is 0 Å². The Bertz CT molecular complexity index is 313. The average Bonchev–Trinajstić information content (AvgIpc) is 2.18. The van der Waals surface area contributed by atoms with Crippen molar-refractivity contribution in [1.82, 2.24) is 5.32 Å². The van der Waals surface area contributed by atoms with Crippen LogP contribution in [0.1, 0.15) is 19.4 Å². The monoisotopic (exact) mass is 225 g/mol. The van der Waals surface area contributed by atoms with Gasteiger partial charge in [-0.1, -0.05) is 30.3 Å². The summed E-state index contributed by atoms with van der Waals surface area (Å²) in [4.78, 5) is 10.8. The number of carbonyl (C=O) groups is 1. The number of hydrogen-bond acceptors (Lipinski definition) is 1. The summed E-state index contributed by atoms with van der Waals surface area (Å²) in [6, 6.07) is 10.0. The van der Waals surface area contributed by atoms with Gasteiger partial charge < -0.3 is 5.32 Å². The molecule has 2 nitrogen and oxygen atoms in total. The molecule has 0 bridgehead atoms. The Labute approximate surface area is 95.6 Å². The standard InChI is InChI=1S/C12H16ClNO/c1-9(14-10(2)15)12(13)8-11-6-4-3-5-7-11/h3-7,9,12H,8H2,1-2H3,(H,14,15). The Hall–Kier alpha value is -1.02. The first-order chi connectivity index (χ1) is 7.09. The Balaban J connectivity index is 2.48. The van der Waals surface area contributed by atoms with Crippen LogP contribution in [0.25, 0.3) is 0 Å². The van der Waals surface area contributed by atoms with E-state index in [1.807, 2.05) is 37.3 Å². The molecule has 0 aliphatic rings. The highest BCUT2D eigenvalue weighted by Crippen LogP contribution is 2.11. The topological polar surface area (TPSA) is 29.1 Å². The highest BCUT2D eigenvalue weighted by molar-refractivity contribution is 6.21. The lowest BCUT2D eigenvalue weighted by atomic mass is 10.1. The van der Waals surface area contributed by atoms with Gasteiger partial charge in [0, 0.05) is 13.0 Å². The zero-order chi connectivity index (χ0) is 11.3. The largest absolute Gasteiger partial charge is 0.352 e. The van der Waals surface area contributed by atoms with Gasteiger partial charge in [0.05, 0.1) is 5.38 Å². The second-order valence-corrected chi connectivity index (χ2v) is 4.26. The van der Waals surface area contributed by atoms with Crippen LogP contribution in [0.2, 0.25) is 0 Å². The molecule has 15 heavy (non-hydrogen) atoms. The van der Waals surface area contributed by atoms with Gasteiger partial charge >= 0.3 is 0 Å². The third-order valence-corrected chi connectivity index (χ3v) is 2.78. The molecule has 1 aromatic carbocycles. The molecule has 0 aliphatic carbocycles. The molecule has 82 valence electrons. The first-order valence-corrected chi connectivity index (χ1v) is 5.48. The molecule has 0 saturated heterocycles. The molecule has 1 aromatic rings. The normalized spacial score (nSPS) is 14.3. The summed E-state index contributed by atoms with van der Waals surface area (Å²) in [5, 5.41) is 2.72. The molecule has 2 atom stereocenters. The van der Waals surface area contributed by atoms with E-state index in [1.54, 1.807) is 0 Å². The van der Waals surface area contributed by atoms with Crippen LogP contribution in [0.15, 0.2) is 30.3 Å². The van der Waals surface area contributed by atoms with Crippen molar-refractivity contribution in [3.63, 3.8) is 0 Å². The second kappa shape index (κ2) is 5.76. The highest BCUT2D eigenvalue weighted by Gasteiger charge is 2.15. The van der Waals surface area contributed by atoms with Gasteiger partial charge in [-0.3, -0.25) is 4.79 Å². The van der Waals surface area contributed by atoms with E-state index in [1.165, 1.54) is 12.5 Å². The molecule has 0 spiro atoms. The fourth-order valence-corrected chi connectivity index (χ4v) is 1.67. The SMILES string of the molecule is CC(=O)NC(C)C(Cl)Cc1ccccc1. The minimum atomic E-state index is -0.0729. The van der Waals surface area contributed by atoms with Crippen LogP contribution in [0.5, 0.6) is 0 Å². The van der Waals surface area contributed by atoms with E-state index in [2.05, 4.69) is 5.32 Å². The van der Waals surface area contributed by atoms with Crippen molar-refractivity contribution in [3.8, 4) is 0 Å². The summed E-state index contributed by atoms with van der Waals surface area (Å²) < 4.78 is 0. The number of carbonyl (C=O) groups excluding carboxylic acids is 1. The molecule has 3 heteroatoms. The molecule has 0 aromatic heterocycles. The van der Waals surface area contributed by atoms with Crippen molar-refractivity contribution >= 4 is 17.5 Å². The summed E-state index contributed by atoms with van der Waals surface area (Å²) in [7, 11) is 0. The number of nitrogens with one attached hydrogen (secondary N) is 1. The maximum atomic E-state index is 10.8. The van der Waals surface area contributed by atoms with Crippen LogP contribution < -0.4 is 5.32 Å².